The number of rotatable bonds is 6. The molecule has 1 aromatic heterocycles. The number of aromatic nitrogens is 2. The number of carbonyl (C=O) groups excluding carboxylic acids is 1. The van der Waals surface area contributed by atoms with E-state index in [0.29, 0.717) is 42.4 Å². The van der Waals surface area contributed by atoms with Gasteiger partial charge in [-0.05, 0) is 36.0 Å². The number of amides is 1. The Labute approximate surface area is 163 Å². The number of morpholine rings is 1. The molecule has 1 aliphatic heterocycles. The molecule has 8 heteroatoms. The molecule has 7 nitrogen and oxygen atoms in total. The van der Waals surface area contributed by atoms with E-state index in [1.807, 2.05) is 12.1 Å². The normalized spacial score (nSPS) is 19.6. The predicted octanol–water partition coefficient (Wildman–Crippen LogP) is 3.32. The Morgan fingerprint density at radius 2 is 2.22 bits per heavy atom. The van der Waals surface area contributed by atoms with E-state index < -0.39 is 0 Å². The number of nitrogens with one attached hydrogen (secondary N) is 2. The predicted molar refractivity (Wildman–Crippen MR) is 105 cm³/mol. The second-order valence-corrected chi connectivity index (χ2v) is 7.25. The molecule has 1 saturated heterocycles. The van der Waals surface area contributed by atoms with Crippen molar-refractivity contribution in [3.8, 4) is 0 Å². The SMILES string of the molecule is CNc1nc(Nc2ccc(C3CN(C=O)CCO3)cc2C2CC2)ncc1Cl. The number of carbonyl (C=O) groups is 1. The number of hydrogen-bond donors (Lipinski definition) is 2. The second kappa shape index (κ2) is 7.70. The van der Waals surface area contributed by atoms with Crippen LogP contribution in [0.5, 0.6) is 0 Å². The standard InChI is InChI=1S/C19H22ClN5O2/c1-21-18-15(20)9-22-19(24-18)23-16-5-4-13(8-14(16)12-2-3-12)17-10-25(11-26)6-7-27-17/h4-5,8-9,11-12,17H,2-3,6-7,10H2,1H3,(H2,21,22,23,24). The lowest BCUT2D eigenvalue weighted by Crippen LogP contribution is -2.37. The number of ether oxygens (including phenoxy) is 1. The van der Waals surface area contributed by atoms with Crippen molar-refractivity contribution in [2.75, 3.05) is 37.4 Å². The molecule has 1 saturated carbocycles. The van der Waals surface area contributed by atoms with Gasteiger partial charge in [0.25, 0.3) is 0 Å². The zero-order chi connectivity index (χ0) is 18.8. The summed E-state index contributed by atoms with van der Waals surface area (Å²) in [5, 5.41) is 6.76. The lowest BCUT2D eigenvalue weighted by Gasteiger charge is -2.31. The lowest BCUT2D eigenvalue weighted by molar-refractivity contribution is -0.125. The summed E-state index contributed by atoms with van der Waals surface area (Å²) < 4.78 is 5.88. The Bertz CT molecular complexity index is 843. The summed E-state index contributed by atoms with van der Waals surface area (Å²) in [6, 6.07) is 6.28. The van der Waals surface area contributed by atoms with Crippen LogP contribution < -0.4 is 10.6 Å². The van der Waals surface area contributed by atoms with Gasteiger partial charge in [-0.25, -0.2) is 4.98 Å². The van der Waals surface area contributed by atoms with E-state index in [1.54, 1.807) is 18.1 Å². The van der Waals surface area contributed by atoms with Crippen LogP contribution in [0.3, 0.4) is 0 Å². The molecule has 1 aliphatic carbocycles. The monoisotopic (exact) mass is 387 g/mol. The summed E-state index contributed by atoms with van der Waals surface area (Å²) in [7, 11) is 1.77. The van der Waals surface area contributed by atoms with E-state index in [4.69, 9.17) is 16.3 Å². The molecule has 0 bridgehead atoms. The Hall–Kier alpha value is -2.38. The molecular weight excluding hydrogens is 366 g/mol. The summed E-state index contributed by atoms with van der Waals surface area (Å²) >= 11 is 6.06. The Morgan fingerprint density at radius 3 is 2.96 bits per heavy atom. The van der Waals surface area contributed by atoms with Crippen LogP contribution in [0.2, 0.25) is 5.02 Å². The highest BCUT2D eigenvalue weighted by molar-refractivity contribution is 6.32. The molecule has 2 aliphatic rings. The first-order chi connectivity index (χ1) is 13.2. The minimum Gasteiger partial charge on any atom is -0.372 e. The third-order valence-electron chi connectivity index (χ3n) is 4.94. The fraction of sp³-hybridized carbons (Fsp3) is 0.421. The lowest BCUT2D eigenvalue weighted by atomic mass is 10.00. The zero-order valence-electron chi connectivity index (χ0n) is 15.1. The molecule has 2 N–H and O–H groups in total. The summed E-state index contributed by atoms with van der Waals surface area (Å²) in [6.45, 7) is 1.80. The summed E-state index contributed by atoms with van der Waals surface area (Å²) in [4.78, 5) is 21.5. The fourth-order valence-corrected chi connectivity index (χ4v) is 3.50. The fourth-order valence-electron chi connectivity index (χ4n) is 3.32. The van der Waals surface area contributed by atoms with Crippen LogP contribution in [-0.4, -0.2) is 48.0 Å². The van der Waals surface area contributed by atoms with E-state index in [1.165, 1.54) is 18.4 Å². The molecule has 142 valence electrons. The average Bonchev–Trinajstić information content (AvgIpc) is 3.55. The molecule has 1 aromatic carbocycles. The minimum atomic E-state index is -0.0850. The van der Waals surface area contributed by atoms with Crippen molar-refractivity contribution in [2.24, 2.45) is 0 Å². The van der Waals surface area contributed by atoms with Crippen LogP contribution >= 0.6 is 11.6 Å². The maximum atomic E-state index is 11.1. The van der Waals surface area contributed by atoms with Gasteiger partial charge < -0.3 is 20.3 Å². The molecule has 0 radical (unpaired) electrons. The van der Waals surface area contributed by atoms with Gasteiger partial charge >= 0.3 is 0 Å². The van der Waals surface area contributed by atoms with E-state index in [9.17, 15) is 4.79 Å². The third kappa shape index (κ3) is 3.99. The second-order valence-electron chi connectivity index (χ2n) is 6.85. The molecule has 2 fully saturated rings. The van der Waals surface area contributed by atoms with Crippen LogP contribution in [0.15, 0.2) is 24.4 Å². The first-order valence-electron chi connectivity index (χ1n) is 9.10. The third-order valence-corrected chi connectivity index (χ3v) is 5.22. The number of nitrogens with zero attached hydrogens (tertiary/aromatic N) is 3. The topological polar surface area (TPSA) is 79.4 Å². The first kappa shape index (κ1) is 18.0. The van der Waals surface area contributed by atoms with Gasteiger partial charge in [-0.15, -0.1) is 0 Å². The van der Waals surface area contributed by atoms with Crippen molar-refractivity contribution < 1.29 is 9.53 Å². The zero-order valence-corrected chi connectivity index (χ0v) is 15.9. The number of halogens is 1. The van der Waals surface area contributed by atoms with Gasteiger partial charge in [0.15, 0.2) is 0 Å². The van der Waals surface area contributed by atoms with Crippen molar-refractivity contribution in [3.05, 3.63) is 40.5 Å². The number of hydrogen-bond acceptors (Lipinski definition) is 6. The van der Waals surface area contributed by atoms with Crippen LogP contribution in [0, 0.1) is 0 Å². The summed E-state index contributed by atoms with van der Waals surface area (Å²) in [5.74, 6) is 1.62. The van der Waals surface area contributed by atoms with Crippen LogP contribution in [0.1, 0.15) is 36.0 Å². The van der Waals surface area contributed by atoms with Gasteiger partial charge in [0.05, 0.1) is 19.3 Å². The van der Waals surface area contributed by atoms with Crippen molar-refractivity contribution >= 4 is 35.5 Å². The highest BCUT2D eigenvalue weighted by Crippen LogP contribution is 2.45. The van der Waals surface area contributed by atoms with Crippen LogP contribution in [-0.2, 0) is 9.53 Å². The van der Waals surface area contributed by atoms with Crippen molar-refractivity contribution in [3.63, 3.8) is 0 Å². The Kier molecular flexibility index (Phi) is 5.13. The van der Waals surface area contributed by atoms with E-state index in [-0.39, 0.29) is 6.10 Å². The molecule has 2 aromatic rings. The highest BCUT2D eigenvalue weighted by atomic mass is 35.5. The molecule has 1 amide bonds. The van der Waals surface area contributed by atoms with E-state index >= 15 is 0 Å². The van der Waals surface area contributed by atoms with Crippen LogP contribution in [0.25, 0.3) is 0 Å². The van der Waals surface area contributed by atoms with Gasteiger partial charge in [0.2, 0.25) is 12.4 Å². The van der Waals surface area contributed by atoms with Crippen molar-refractivity contribution in [2.45, 2.75) is 24.9 Å². The Balaban J connectivity index is 1.59. The minimum absolute atomic E-state index is 0.0850. The molecule has 4 rings (SSSR count). The average molecular weight is 388 g/mol. The summed E-state index contributed by atoms with van der Waals surface area (Å²) in [5.41, 5.74) is 3.33. The van der Waals surface area contributed by atoms with Crippen LogP contribution in [0.4, 0.5) is 17.5 Å². The van der Waals surface area contributed by atoms with E-state index in [0.717, 1.165) is 17.7 Å². The quantitative estimate of drug-likeness (QED) is 0.740. The largest absolute Gasteiger partial charge is 0.372 e. The maximum Gasteiger partial charge on any atom is 0.229 e. The molecule has 1 unspecified atom stereocenters. The Morgan fingerprint density at radius 1 is 1.37 bits per heavy atom. The molecular formula is C19H22ClN5O2. The van der Waals surface area contributed by atoms with E-state index in [2.05, 4.69) is 26.7 Å². The van der Waals surface area contributed by atoms with Gasteiger partial charge in [0, 0.05) is 19.3 Å². The molecule has 1 atom stereocenters. The van der Waals surface area contributed by atoms with Gasteiger partial charge in [-0.2, -0.15) is 4.98 Å². The summed E-state index contributed by atoms with van der Waals surface area (Å²) in [6.07, 6.45) is 4.74. The van der Waals surface area contributed by atoms with Crippen molar-refractivity contribution in [1.82, 2.24) is 14.9 Å². The van der Waals surface area contributed by atoms with Gasteiger partial charge in [0.1, 0.15) is 16.9 Å². The maximum absolute atomic E-state index is 11.1. The molecule has 27 heavy (non-hydrogen) atoms. The first-order valence-corrected chi connectivity index (χ1v) is 9.48. The van der Waals surface area contributed by atoms with Crippen molar-refractivity contribution in [1.29, 1.82) is 0 Å². The smallest absolute Gasteiger partial charge is 0.229 e. The van der Waals surface area contributed by atoms with Gasteiger partial charge in [-0.3, -0.25) is 4.79 Å². The highest BCUT2D eigenvalue weighted by Gasteiger charge is 2.29. The number of benzene rings is 1. The molecule has 0 spiro atoms. The van der Waals surface area contributed by atoms with Gasteiger partial charge in [-0.1, -0.05) is 23.7 Å². The number of anilines is 3. The molecule has 2 heterocycles.